The van der Waals surface area contributed by atoms with Gasteiger partial charge in [-0.15, -0.1) is 0 Å². The van der Waals surface area contributed by atoms with Crippen molar-refractivity contribution in [3.05, 3.63) is 0 Å². The van der Waals surface area contributed by atoms with Crippen LogP contribution in [0, 0.1) is 10.8 Å². The highest BCUT2D eigenvalue weighted by Gasteiger charge is 2.33. The Morgan fingerprint density at radius 1 is 1.12 bits per heavy atom. The van der Waals surface area contributed by atoms with Crippen molar-refractivity contribution in [1.29, 1.82) is 0 Å². The van der Waals surface area contributed by atoms with E-state index in [4.69, 9.17) is 5.73 Å². The monoisotopic (exact) mass is 240 g/mol. The maximum Gasteiger partial charge on any atom is 0.00473 e. The molecule has 0 aromatic rings. The summed E-state index contributed by atoms with van der Waals surface area (Å²) in [7, 11) is 0. The highest BCUT2D eigenvalue weighted by atomic mass is 15.1. The van der Waals surface area contributed by atoms with E-state index in [1.165, 1.54) is 51.7 Å². The molecule has 0 saturated carbocycles. The lowest BCUT2D eigenvalue weighted by Gasteiger charge is -2.43. The zero-order valence-corrected chi connectivity index (χ0v) is 12.4. The number of likely N-dealkylation sites (tertiary alicyclic amines) is 1. The van der Waals surface area contributed by atoms with Crippen LogP contribution in [-0.4, -0.2) is 31.1 Å². The smallest absolute Gasteiger partial charge is 0.00473 e. The molecule has 1 aliphatic rings. The van der Waals surface area contributed by atoms with Crippen molar-refractivity contribution in [2.45, 2.75) is 59.8 Å². The van der Waals surface area contributed by atoms with E-state index in [-0.39, 0.29) is 0 Å². The quantitative estimate of drug-likeness (QED) is 0.772. The number of rotatable bonds is 6. The Morgan fingerprint density at radius 3 is 2.00 bits per heavy atom. The second-order valence-electron chi connectivity index (χ2n) is 6.35. The topological polar surface area (TPSA) is 29.3 Å². The summed E-state index contributed by atoms with van der Waals surface area (Å²) in [5, 5.41) is 0. The van der Waals surface area contributed by atoms with E-state index in [1.807, 2.05) is 0 Å². The standard InChI is InChI=1S/C15H32N2/c1-5-14(4,12-16)13-17-10-8-15(6-2,7-3)9-11-17/h5-13,16H2,1-4H3. The summed E-state index contributed by atoms with van der Waals surface area (Å²) < 4.78 is 0. The summed E-state index contributed by atoms with van der Waals surface area (Å²) in [6.45, 7) is 13.9. The first-order valence-electron chi connectivity index (χ1n) is 7.45. The number of nitrogens with zero attached hydrogens (tertiary/aromatic N) is 1. The van der Waals surface area contributed by atoms with Gasteiger partial charge in [0.15, 0.2) is 0 Å². The minimum absolute atomic E-state index is 0.318. The van der Waals surface area contributed by atoms with Gasteiger partial charge in [0.05, 0.1) is 0 Å². The Kier molecular flexibility index (Phi) is 5.46. The highest BCUT2D eigenvalue weighted by Crippen LogP contribution is 2.38. The minimum Gasteiger partial charge on any atom is -0.330 e. The van der Waals surface area contributed by atoms with Gasteiger partial charge in [-0.2, -0.15) is 0 Å². The molecule has 102 valence electrons. The van der Waals surface area contributed by atoms with Crippen LogP contribution in [0.3, 0.4) is 0 Å². The lowest BCUT2D eigenvalue weighted by molar-refractivity contribution is 0.0654. The molecule has 0 bridgehead atoms. The van der Waals surface area contributed by atoms with Gasteiger partial charge in [-0.1, -0.05) is 40.5 Å². The van der Waals surface area contributed by atoms with Gasteiger partial charge in [0.2, 0.25) is 0 Å². The molecule has 1 fully saturated rings. The molecule has 1 atom stereocenters. The zero-order chi connectivity index (χ0) is 12.9. The van der Waals surface area contributed by atoms with Crippen molar-refractivity contribution in [2.75, 3.05) is 26.2 Å². The van der Waals surface area contributed by atoms with Crippen LogP contribution in [0.5, 0.6) is 0 Å². The molecule has 0 radical (unpaired) electrons. The largest absolute Gasteiger partial charge is 0.330 e. The maximum absolute atomic E-state index is 5.91. The maximum atomic E-state index is 5.91. The van der Waals surface area contributed by atoms with Crippen LogP contribution in [-0.2, 0) is 0 Å². The van der Waals surface area contributed by atoms with Crippen LogP contribution < -0.4 is 5.73 Å². The van der Waals surface area contributed by atoms with E-state index in [0.29, 0.717) is 10.8 Å². The first-order valence-corrected chi connectivity index (χ1v) is 7.45. The Hall–Kier alpha value is -0.0800. The van der Waals surface area contributed by atoms with E-state index in [0.717, 1.165) is 6.54 Å². The molecule has 2 nitrogen and oxygen atoms in total. The first-order chi connectivity index (χ1) is 8.03. The fourth-order valence-electron chi connectivity index (χ4n) is 3.00. The minimum atomic E-state index is 0.318. The summed E-state index contributed by atoms with van der Waals surface area (Å²) in [6, 6.07) is 0. The first kappa shape index (κ1) is 15.0. The molecule has 0 aliphatic carbocycles. The Balaban J connectivity index is 2.47. The van der Waals surface area contributed by atoms with Crippen LogP contribution in [0.15, 0.2) is 0 Å². The van der Waals surface area contributed by atoms with Gasteiger partial charge < -0.3 is 10.6 Å². The summed E-state index contributed by atoms with van der Waals surface area (Å²) in [4.78, 5) is 2.64. The molecule has 2 N–H and O–H groups in total. The van der Waals surface area contributed by atoms with Crippen LogP contribution in [0.1, 0.15) is 59.8 Å². The molecular formula is C15H32N2. The van der Waals surface area contributed by atoms with E-state index < -0.39 is 0 Å². The Morgan fingerprint density at radius 2 is 1.65 bits per heavy atom. The second kappa shape index (κ2) is 6.19. The second-order valence-corrected chi connectivity index (χ2v) is 6.35. The summed E-state index contributed by atoms with van der Waals surface area (Å²) >= 11 is 0. The van der Waals surface area contributed by atoms with Gasteiger partial charge in [0.25, 0.3) is 0 Å². The van der Waals surface area contributed by atoms with Gasteiger partial charge in [0.1, 0.15) is 0 Å². The highest BCUT2D eigenvalue weighted by molar-refractivity contribution is 4.87. The number of nitrogens with two attached hydrogens (primary N) is 1. The van der Waals surface area contributed by atoms with Gasteiger partial charge in [-0.25, -0.2) is 0 Å². The molecule has 1 saturated heterocycles. The SMILES string of the molecule is CCC(C)(CN)CN1CCC(CC)(CC)CC1. The fourth-order valence-corrected chi connectivity index (χ4v) is 3.00. The molecule has 0 aromatic carbocycles. The molecule has 1 aliphatic heterocycles. The van der Waals surface area contributed by atoms with Crippen molar-refractivity contribution in [3.8, 4) is 0 Å². The lowest BCUT2D eigenvalue weighted by atomic mass is 9.73. The molecule has 2 heteroatoms. The van der Waals surface area contributed by atoms with E-state index in [2.05, 4.69) is 32.6 Å². The third kappa shape index (κ3) is 3.69. The van der Waals surface area contributed by atoms with E-state index in [1.54, 1.807) is 0 Å². The van der Waals surface area contributed by atoms with Gasteiger partial charge in [-0.05, 0) is 49.7 Å². The molecular weight excluding hydrogens is 208 g/mol. The average molecular weight is 240 g/mol. The average Bonchev–Trinajstić information content (AvgIpc) is 2.40. The van der Waals surface area contributed by atoms with Crippen molar-refractivity contribution in [3.63, 3.8) is 0 Å². The fraction of sp³-hybridized carbons (Fsp3) is 1.00. The van der Waals surface area contributed by atoms with Gasteiger partial charge in [-0.3, -0.25) is 0 Å². The molecule has 1 rings (SSSR count). The summed E-state index contributed by atoms with van der Waals surface area (Å²) in [5.41, 5.74) is 6.87. The van der Waals surface area contributed by atoms with E-state index in [9.17, 15) is 0 Å². The normalized spacial score (nSPS) is 24.5. The third-order valence-corrected chi connectivity index (χ3v) is 5.37. The Labute approximate surface area is 108 Å². The van der Waals surface area contributed by atoms with Gasteiger partial charge >= 0.3 is 0 Å². The lowest BCUT2D eigenvalue weighted by Crippen LogP contribution is -2.46. The zero-order valence-electron chi connectivity index (χ0n) is 12.4. The molecule has 0 aromatic heterocycles. The van der Waals surface area contributed by atoms with Crippen molar-refractivity contribution < 1.29 is 0 Å². The Bertz CT molecular complexity index is 207. The van der Waals surface area contributed by atoms with Crippen molar-refractivity contribution >= 4 is 0 Å². The van der Waals surface area contributed by atoms with Crippen LogP contribution >= 0.6 is 0 Å². The number of hydrogen-bond donors (Lipinski definition) is 1. The summed E-state index contributed by atoms with van der Waals surface area (Å²) in [6.07, 6.45) is 6.64. The van der Waals surface area contributed by atoms with Crippen molar-refractivity contribution in [1.82, 2.24) is 4.90 Å². The van der Waals surface area contributed by atoms with Crippen LogP contribution in [0.2, 0.25) is 0 Å². The molecule has 0 spiro atoms. The molecule has 17 heavy (non-hydrogen) atoms. The molecule has 0 amide bonds. The number of piperidine rings is 1. The van der Waals surface area contributed by atoms with Crippen molar-refractivity contribution in [2.24, 2.45) is 16.6 Å². The number of hydrogen-bond acceptors (Lipinski definition) is 2. The molecule has 1 unspecified atom stereocenters. The van der Waals surface area contributed by atoms with Gasteiger partial charge in [0, 0.05) is 6.54 Å². The predicted molar refractivity (Wildman–Crippen MR) is 76.1 cm³/mol. The predicted octanol–water partition coefficient (Wildman–Crippen LogP) is 3.26. The van der Waals surface area contributed by atoms with Crippen LogP contribution in [0.25, 0.3) is 0 Å². The molecule has 1 heterocycles. The summed E-state index contributed by atoms with van der Waals surface area (Å²) in [5.74, 6) is 0. The van der Waals surface area contributed by atoms with Crippen LogP contribution in [0.4, 0.5) is 0 Å². The van der Waals surface area contributed by atoms with E-state index >= 15 is 0 Å². The third-order valence-electron chi connectivity index (χ3n) is 5.37.